The Kier molecular flexibility index (Phi) is 5.21. The molecule has 1 rings (SSSR count). The SMILES string of the molecule is CC(C)N1C[C@@H](CN=[N+]=[N-])O[C@@H](CC(=O)O)C1. The number of nitrogens with zero attached hydrogens (tertiary/aromatic N) is 4. The zero-order chi connectivity index (χ0) is 12.8. The van der Waals surface area contributed by atoms with Crippen LogP contribution in [-0.2, 0) is 9.53 Å². The van der Waals surface area contributed by atoms with Crippen LogP contribution in [0.1, 0.15) is 20.3 Å². The lowest BCUT2D eigenvalue weighted by atomic mass is 10.1. The molecular weight excluding hydrogens is 224 g/mol. The summed E-state index contributed by atoms with van der Waals surface area (Å²) in [5.41, 5.74) is 8.28. The van der Waals surface area contributed by atoms with Crippen LogP contribution in [0.3, 0.4) is 0 Å². The van der Waals surface area contributed by atoms with Crippen molar-refractivity contribution in [3.05, 3.63) is 10.4 Å². The summed E-state index contributed by atoms with van der Waals surface area (Å²) >= 11 is 0. The summed E-state index contributed by atoms with van der Waals surface area (Å²) in [4.78, 5) is 15.5. The van der Waals surface area contributed by atoms with Gasteiger partial charge in [0.25, 0.3) is 0 Å². The molecule has 17 heavy (non-hydrogen) atoms. The van der Waals surface area contributed by atoms with Crippen LogP contribution in [0.25, 0.3) is 10.4 Å². The normalized spacial score (nSPS) is 25.6. The van der Waals surface area contributed by atoms with Gasteiger partial charge in [0.05, 0.1) is 25.2 Å². The van der Waals surface area contributed by atoms with Gasteiger partial charge in [-0.2, -0.15) is 0 Å². The first-order chi connectivity index (χ1) is 8.02. The Morgan fingerprint density at radius 1 is 1.59 bits per heavy atom. The van der Waals surface area contributed by atoms with Gasteiger partial charge in [0, 0.05) is 24.0 Å². The van der Waals surface area contributed by atoms with Crippen LogP contribution >= 0.6 is 0 Å². The van der Waals surface area contributed by atoms with Gasteiger partial charge in [-0.05, 0) is 19.4 Å². The van der Waals surface area contributed by atoms with Crippen LogP contribution in [0.15, 0.2) is 5.11 Å². The van der Waals surface area contributed by atoms with Gasteiger partial charge in [0.2, 0.25) is 0 Å². The second-order valence-electron chi connectivity index (χ2n) is 4.44. The van der Waals surface area contributed by atoms with Gasteiger partial charge >= 0.3 is 5.97 Å². The predicted octanol–water partition coefficient (Wildman–Crippen LogP) is 1.25. The molecule has 1 saturated heterocycles. The summed E-state index contributed by atoms with van der Waals surface area (Å²) in [6.45, 7) is 5.63. The lowest BCUT2D eigenvalue weighted by molar-refractivity contribution is -0.146. The fourth-order valence-corrected chi connectivity index (χ4v) is 1.91. The number of carboxylic acids is 1. The van der Waals surface area contributed by atoms with Crippen molar-refractivity contribution in [2.24, 2.45) is 5.11 Å². The predicted molar refractivity (Wildman–Crippen MR) is 61.6 cm³/mol. The number of aliphatic carboxylic acids is 1. The number of ether oxygens (including phenoxy) is 1. The number of carbonyl (C=O) groups is 1. The van der Waals surface area contributed by atoms with E-state index in [1.54, 1.807) is 0 Å². The minimum atomic E-state index is -0.872. The van der Waals surface area contributed by atoms with Crippen LogP contribution in [-0.4, -0.2) is 53.9 Å². The molecular formula is C10H18N4O3. The molecule has 0 spiro atoms. The van der Waals surface area contributed by atoms with Crippen LogP contribution < -0.4 is 0 Å². The summed E-state index contributed by atoms with van der Waals surface area (Å²) < 4.78 is 5.59. The lowest BCUT2D eigenvalue weighted by Crippen LogP contribution is -2.51. The summed E-state index contributed by atoms with van der Waals surface area (Å²) in [5.74, 6) is -0.872. The second kappa shape index (κ2) is 6.44. The molecule has 1 fully saturated rings. The van der Waals surface area contributed by atoms with Crippen molar-refractivity contribution in [2.75, 3.05) is 19.6 Å². The highest BCUT2D eigenvalue weighted by atomic mass is 16.5. The van der Waals surface area contributed by atoms with E-state index in [2.05, 4.69) is 14.9 Å². The molecule has 0 saturated carbocycles. The molecule has 7 heteroatoms. The molecule has 1 N–H and O–H groups in total. The van der Waals surface area contributed by atoms with E-state index < -0.39 is 5.97 Å². The molecule has 96 valence electrons. The molecule has 0 aromatic rings. The van der Waals surface area contributed by atoms with Crippen LogP contribution in [0.2, 0.25) is 0 Å². The third-order valence-electron chi connectivity index (χ3n) is 2.74. The molecule has 0 aromatic carbocycles. The molecule has 0 radical (unpaired) electrons. The summed E-state index contributed by atoms with van der Waals surface area (Å²) in [6.07, 6.45) is -0.565. The standard InChI is InChI=1S/C10H18N4O3/c1-7(2)14-5-8(3-10(15)16)17-9(6-14)4-12-13-11/h7-9H,3-6H2,1-2H3,(H,15,16)/t8-,9+/m0/s1. The monoisotopic (exact) mass is 242 g/mol. The Hall–Kier alpha value is -1.30. The van der Waals surface area contributed by atoms with Gasteiger partial charge in [0.15, 0.2) is 0 Å². The average Bonchev–Trinajstić information content (AvgIpc) is 2.25. The fourth-order valence-electron chi connectivity index (χ4n) is 1.91. The Balaban J connectivity index is 2.61. The number of rotatable bonds is 5. The zero-order valence-corrected chi connectivity index (χ0v) is 10.1. The van der Waals surface area contributed by atoms with Gasteiger partial charge in [-0.25, -0.2) is 0 Å². The van der Waals surface area contributed by atoms with Gasteiger partial charge in [-0.15, -0.1) is 0 Å². The molecule has 0 amide bonds. The van der Waals surface area contributed by atoms with Crippen molar-refractivity contribution in [3.63, 3.8) is 0 Å². The Bertz CT molecular complexity index is 303. The number of hydrogen-bond acceptors (Lipinski definition) is 4. The molecule has 0 aliphatic carbocycles. The Morgan fingerprint density at radius 3 is 2.76 bits per heavy atom. The second-order valence-corrected chi connectivity index (χ2v) is 4.44. The smallest absolute Gasteiger partial charge is 0.306 e. The summed E-state index contributed by atoms with van der Waals surface area (Å²) in [5, 5.41) is 12.3. The van der Waals surface area contributed by atoms with Crippen LogP contribution in [0, 0.1) is 0 Å². The van der Waals surface area contributed by atoms with Crippen molar-refractivity contribution < 1.29 is 14.6 Å². The summed E-state index contributed by atoms with van der Waals surface area (Å²) in [6, 6.07) is 0.323. The first kappa shape index (κ1) is 13.8. The van der Waals surface area contributed by atoms with E-state index in [1.807, 2.05) is 13.8 Å². The van der Waals surface area contributed by atoms with E-state index in [4.69, 9.17) is 15.4 Å². The first-order valence-electron chi connectivity index (χ1n) is 5.65. The van der Waals surface area contributed by atoms with Crippen LogP contribution in [0.5, 0.6) is 0 Å². The molecule has 1 aliphatic heterocycles. The van der Waals surface area contributed by atoms with Crippen molar-refractivity contribution in [1.29, 1.82) is 0 Å². The number of morpholine rings is 1. The number of hydrogen-bond donors (Lipinski definition) is 1. The van der Waals surface area contributed by atoms with E-state index in [0.717, 1.165) is 0 Å². The highest BCUT2D eigenvalue weighted by Crippen LogP contribution is 2.16. The van der Waals surface area contributed by atoms with Crippen molar-refractivity contribution in [2.45, 2.75) is 38.5 Å². The average molecular weight is 242 g/mol. The maximum atomic E-state index is 10.7. The molecule has 1 aliphatic rings. The maximum absolute atomic E-state index is 10.7. The Morgan fingerprint density at radius 2 is 2.24 bits per heavy atom. The van der Waals surface area contributed by atoms with E-state index in [1.165, 1.54) is 0 Å². The van der Waals surface area contributed by atoms with E-state index in [0.29, 0.717) is 19.1 Å². The van der Waals surface area contributed by atoms with E-state index >= 15 is 0 Å². The molecule has 0 unspecified atom stereocenters. The molecule has 7 nitrogen and oxygen atoms in total. The number of azide groups is 1. The van der Waals surface area contributed by atoms with Gasteiger partial charge in [-0.1, -0.05) is 5.11 Å². The Labute approximate surface area is 100.0 Å². The summed E-state index contributed by atoms with van der Waals surface area (Å²) in [7, 11) is 0. The third-order valence-corrected chi connectivity index (χ3v) is 2.74. The van der Waals surface area contributed by atoms with E-state index in [-0.39, 0.29) is 25.2 Å². The minimum Gasteiger partial charge on any atom is -0.481 e. The maximum Gasteiger partial charge on any atom is 0.306 e. The van der Waals surface area contributed by atoms with Gasteiger partial charge in [0.1, 0.15) is 0 Å². The third kappa shape index (κ3) is 4.60. The van der Waals surface area contributed by atoms with Gasteiger partial charge < -0.3 is 9.84 Å². The van der Waals surface area contributed by atoms with Crippen molar-refractivity contribution in [3.8, 4) is 0 Å². The van der Waals surface area contributed by atoms with Crippen molar-refractivity contribution in [1.82, 2.24) is 4.90 Å². The van der Waals surface area contributed by atoms with Crippen LogP contribution in [0.4, 0.5) is 0 Å². The molecule has 0 bridgehead atoms. The lowest BCUT2D eigenvalue weighted by Gasteiger charge is -2.39. The largest absolute Gasteiger partial charge is 0.481 e. The van der Waals surface area contributed by atoms with Gasteiger partial charge in [-0.3, -0.25) is 9.69 Å². The molecule has 1 heterocycles. The van der Waals surface area contributed by atoms with Crippen molar-refractivity contribution >= 4 is 5.97 Å². The highest BCUT2D eigenvalue weighted by molar-refractivity contribution is 5.67. The minimum absolute atomic E-state index is 0.0179. The number of carboxylic acid groups (broad SMARTS) is 1. The fraction of sp³-hybridized carbons (Fsp3) is 0.900. The quantitative estimate of drug-likeness (QED) is 0.445. The topological polar surface area (TPSA) is 98.5 Å². The highest BCUT2D eigenvalue weighted by Gasteiger charge is 2.29. The van der Waals surface area contributed by atoms with E-state index in [9.17, 15) is 4.79 Å². The zero-order valence-electron chi connectivity index (χ0n) is 10.1. The molecule has 2 atom stereocenters. The molecule has 0 aromatic heterocycles. The first-order valence-corrected chi connectivity index (χ1v) is 5.65.